The third-order valence-corrected chi connectivity index (χ3v) is 6.59. The number of aromatic nitrogens is 1. The van der Waals surface area contributed by atoms with Crippen LogP contribution in [0, 0.1) is 0 Å². The number of nitrogens with two attached hydrogens (primary N) is 1. The van der Waals surface area contributed by atoms with E-state index in [1.807, 2.05) is 36.4 Å². The predicted molar refractivity (Wildman–Crippen MR) is 105 cm³/mol. The summed E-state index contributed by atoms with van der Waals surface area (Å²) >= 11 is 1.52. The Kier molecular flexibility index (Phi) is 3.48. The van der Waals surface area contributed by atoms with E-state index >= 15 is 0 Å². The van der Waals surface area contributed by atoms with E-state index in [1.165, 1.54) is 27.3 Å². The van der Waals surface area contributed by atoms with Gasteiger partial charge in [-0.05, 0) is 30.7 Å². The molecule has 2 aliphatic rings. The molecule has 0 saturated carbocycles. The van der Waals surface area contributed by atoms with Crippen molar-refractivity contribution in [3.05, 3.63) is 69.0 Å². The summed E-state index contributed by atoms with van der Waals surface area (Å²) in [5.74, 6) is -0.0129. The molecule has 0 amide bonds. The third-order valence-electron chi connectivity index (χ3n) is 5.51. The van der Waals surface area contributed by atoms with Gasteiger partial charge in [0, 0.05) is 40.7 Å². The number of hydrogen-bond donors (Lipinski definition) is 1. The van der Waals surface area contributed by atoms with Crippen LogP contribution in [-0.2, 0) is 12.8 Å². The molecule has 2 heterocycles. The molecule has 1 aliphatic heterocycles. The number of fused-ring (bicyclic) bond motifs is 2. The fourth-order valence-electron chi connectivity index (χ4n) is 4.14. The van der Waals surface area contributed by atoms with Crippen molar-refractivity contribution >= 4 is 22.8 Å². The number of ketones is 1. The Bertz CT molecular complexity index is 1030. The summed E-state index contributed by atoms with van der Waals surface area (Å²) in [6.07, 6.45) is 1.93. The Morgan fingerprint density at radius 2 is 2.04 bits per heavy atom. The molecule has 4 nitrogen and oxygen atoms in total. The first-order valence-corrected chi connectivity index (χ1v) is 9.66. The summed E-state index contributed by atoms with van der Waals surface area (Å²) < 4.78 is 0. The van der Waals surface area contributed by atoms with E-state index in [4.69, 9.17) is 10.7 Å². The largest absolute Gasteiger partial charge is 0.398 e. The van der Waals surface area contributed by atoms with Gasteiger partial charge in [0.15, 0.2) is 5.01 Å². The summed E-state index contributed by atoms with van der Waals surface area (Å²) in [7, 11) is 2.17. The molecule has 26 heavy (non-hydrogen) atoms. The van der Waals surface area contributed by atoms with Gasteiger partial charge in [0.25, 0.3) is 0 Å². The number of carbonyl (C=O) groups excluding carboxylic acids is 1. The minimum Gasteiger partial charge on any atom is -0.398 e. The quantitative estimate of drug-likeness (QED) is 0.558. The molecule has 3 aromatic rings. The molecule has 130 valence electrons. The first-order chi connectivity index (χ1) is 12.6. The van der Waals surface area contributed by atoms with Crippen LogP contribution >= 0.6 is 11.3 Å². The first-order valence-electron chi connectivity index (χ1n) is 8.85. The lowest BCUT2D eigenvalue weighted by Crippen LogP contribution is -2.35. The smallest absolute Gasteiger partial charge is 0.221 e. The van der Waals surface area contributed by atoms with Crippen molar-refractivity contribution in [2.75, 3.05) is 19.3 Å². The molecule has 0 bridgehead atoms. The number of thiazole rings is 1. The fourth-order valence-corrected chi connectivity index (χ4v) is 5.21. The maximum Gasteiger partial charge on any atom is 0.221 e. The van der Waals surface area contributed by atoms with Gasteiger partial charge in [0.1, 0.15) is 0 Å². The molecule has 0 radical (unpaired) electrons. The molecule has 5 heteroatoms. The van der Waals surface area contributed by atoms with Gasteiger partial charge < -0.3 is 5.73 Å². The molecule has 0 spiro atoms. The lowest BCUT2D eigenvalue weighted by molar-refractivity contribution is 0.103. The van der Waals surface area contributed by atoms with Crippen LogP contribution in [0.4, 0.5) is 5.69 Å². The van der Waals surface area contributed by atoms with Crippen molar-refractivity contribution in [1.29, 1.82) is 0 Å². The second-order valence-electron chi connectivity index (χ2n) is 7.04. The number of benzene rings is 2. The van der Waals surface area contributed by atoms with Crippen LogP contribution in [0.2, 0.25) is 0 Å². The molecular formula is C21H19N3OS. The van der Waals surface area contributed by atoms with Crippen molar-refractivity contribution in [3.63, 3.8) is 0 Å². The SMILES string of the molecule is CN1CCc2ccc(N)c3c2C1Cc1sc(C(=O)c2ccccc2)nc1-3. The Hall–Kier alpha value is -2.50. The van der Waals surface area contributed by atoms with E-state index in [0.29, 0.717) is 16.6 Å². The second kappa shape index (κ2) is 5.76. The summed E-state index contributed by atoms with van der Waals surface area (Å²) in [5.41, 5.74) is 12.4. The normalized spacial score (nSPS) is 18.3. The molecule has 2 N–H and O–H groups in total. The lowest BCUT2D eigenvalue weighted by atomic mass is 9.81. The highest BCUT2D eigenvalue weighted by Crippen LogP contribution is 2.48. The highest BCUT2D eigenvalue weighted by atomic mass is 32.1. The minimum atomic E-state index is -0.0129. The first kappa shape index (κ1) is 15.7. The molecule has 5 rings (SSSR count). The van der Waals surface area contributed by atoms with Gasteiger partial charge in [-0.25, -0.2) is 4.98 Å². The zero-order valence-corrected chi connectivity index (χ0v) is 15.3. The standard InChI is InChI=1S/C21H19N3OS/c1-24-10-9-12-7-8-14(22)18-17(12)15(24)11-16-19(18)23-21(26-16)20(25)13-5-3-2-4-6-13/h2-8,15H,9-11,22H2,1H3. The monoisotopic (exact) mass is 361 g/mol. The van der Waals surface area contributed by atoms with Crippen molar-refractivity contribution in [2.24, 2.45) is 0 Å². The average Bonchev–Trinajstić information content (AvgIpc) is 3.10. The number of nitrogens with zero attached hydrogens (tertiary/aromatic N) is 2. The van der Waals surface area contributed by atoms with Crippen LogP contribution < -0.4 is 5.73 Å². The summed E-state index contributed by atoms with van der Waals surface area (Å²) in [4.78, 5) is 21.2. The number of rotatable bonds is 2. The third kappa shape index (κ3) is 2.24. The van der Waals surface area contributed by atoms with E-state index < -0.39 is 0 Å². The predicted octanol–water partition coefficient (Wildman–Crippen LogP) is 3.71. The van der Waals surface area contributed by atoms with Gasteiger partial charge in [-0.2, -0.15) is 0 Å². The number of likely N-dealkylation sites (N-methyl/N-ethyl adjacent to an activating group) is 1. The van der Waals surface area contributed by atoms with Crippen molar-refractivity contribution in [1.82, 2.24) is 9.88 Å². The van der Waals surface area contributed by atoms with Crippen LogP contribution in [0.5, 0.6) is 0 Å². The highest BCUT2D eigenvalue weighted by Gasteiger charge is 2.36. The van der Waals surface area contributed by atoms with Gasteiger partial charge in [0.05, 0.1) is 5.69 Å². The molecule has 1 unspecified atom stereocenters. The van der Waals surface area contributed by atoms with Gasteiger partial charge >= 0.3 is 0 Å². The van der Waals surface area contributed by atoms with Gasteiger partial charge in [-0.1, -0.05) is 36.4 Å². The van der Waals surface area contributed by atoms with Gasteiger partial charge in [-0.3, -0.25) is 9.69 Å². The Morgan fingerprint density at radius 3 is 2.85 bits per heavy atom. The summed E-state index contributed by atoms with van der Waals surface area (Å²) in [6.45, 7) is 1.05. The summed E-state index contributed by atoms with van der Waals surface area (Å²) in [5, 5.41) is 0.555. The van der Waals surface area contributed by atoms with Gasteiger partial charge in [-0.15, -0.1) is 11.3 Å². The molecular weight excluding hydrogens is 342 g/mol. The molecule has 2 aromatic carbocycles. The van der Waals surface area contributed by atoms with E-state index in [9.17, 15) is 4.79 Å². The number of hydrogen-bond acceptors (Lipinski definition) is 5. The number of anilines is 1. The highest BCUT2D eigenvalue weighted by molar-refractivity contribution is 7.14. The zero-order chi connectivity index (χ0) is 17.8. The topological polar surface area (TPSA) is 59.2 Å². The Labute approximate surface area is 156 Å². The Morgan fingerprint density at radius 1 is 1.23 bits per heavy atom. The number of carbonyl (C=O) groups is 1. The lowest BCUT2D eigenvalue weighted by Gasteiger charge is -2.38. The maximum absolute atomic E-state index is 12.9. The second-order valence-corrected chi connectivity index (χ2v) is 8.12. The molecule has 1 aromatic heterocycles. The fraction of sp³-hybridized carbons (Fsp3) is 0.238. The van der Waals surface area contributed by atoms with Crippen LogP contribution in [0.25, 0.3) is 11.3 Å². The van der Waals surface area contributed by atoms with Crippen LogP contribution in [0.1, 0.15) is 37.4 Å². The van der Waals surface area contributed by atoms with Crippen LogP contribution in [0.3, 0.4) is 0 Å². The Balaban J connectivity index is 1.67. The molecule has 0 fully saturated rings. The van der Waals surface area contributed by atoms with Crippen molar-refractivity contribution < 1.29 is 4.79 Å². The van der Waals surface area contributed by atoms with E-state index in [1.54, 1.807) is 0 Å². The summed E-state index contributed by atoms with van der Waals surface area (Å²) in [6, 6.07) is 13.8. The molecule has 1 aliphatic carbocycles. The van der Waals surface area contributed by atoms with E-state index in [2.05, 4.69) is 18.0 Å². The van der Waals surface area contributed by atoms with Gasteiger partial charge in [0.2, 0.25) is 5.78 Å². The minimum absolute atomic E-state index is 0.0129. The van der Waals surface area contributed by atoms with E-state index in [-0.39, 0.29) is 5.78 Å². The van der Waals surface area contributed by atoms with Crippen LogP contribution in [-0.4, -0.2) is 29.3 Å². The van der Waals surface area contributed by atoms with E-state index in [0.717, 1.165) is 36.3 Å². The van der Waals surface area contributed by atoms with Crippen LogP contribution in [0.15, 0.2) is 42.5 Å². The molecule has 0 saturated heterocycles. The zero-order valence-electron chi connectivity index (χ0n) is 14.5. The van der Waals surface area contributed by atoms with Crippen molar-refractivity contribution in [3.8, 4) is 11.3 Å². The number of nitrogen functional groups attached to an aromatic ring is 1. The maximum atomic E-state index is 12.9. The average molecular weight is 361 g/mol. The molecule has 1 atom stereocenters. The van der Waals surface area contributed by atoms with Crippen molar-refractivity contribution in [2.45, 2.75) is 18.9 Å².